The summed E-state index contributed by atoms with van der Waals surface area (Å²) < 4.78 is -0.355. The molecule has 1 N–H and O–H groups in total. The van der Waals surface area contributed by atoms with Crippen LogP contribution in [0.2, 0.25) is 0 Å². The van der Waals surface area contributed by atoms with Gasteiger partial charge < -0.3 is 5.32 Å². The Morgan fingerprint density at radius 2 is 2.08 bits per heavy atom. The van der Waals surface area contributed by atoms with Crippen molar-refractivity contribution in [3.8, 4) is 0 Å². The zero-order chi connectivity index (χ0) is 9.84. The standard InChI is InChI=1S/C7H5IN2O3/c8-7(11)9-5-3-1-2-4-6(5)10(12)13/h1-4H,(H,9,11). The molecule has 1 aromatic rings. The first-order chi connectivity index (χ1) is 6.11. The molecule has 0 spiro atoms. The topological polar surface area (TPSA) is 72.2 Å². The minimum absolute atomic E-state index is 0.104. The molecule has 0 aromatic heterocycles. The third kappa shape index (κ3) is 2.65. The molecule has 0 heterocycles. The van der Waals surface area contributed by atoms with Crippen molar-refractivity contribution >= 4 is 37.9 Å². The van der Waals surface area contributed by atoms with Crippen molar-refractivity contribution in [3.05, 3.63) is 34.4 Å². The molecule has 0 aliphatic heterocycles. The fourth-order valence-corrected chi connectivity index (χ4v) is 1.13. The molecule has 0 saturated heterocycles. The number of nitro groups is 1. The number of nitro benzene ring substituents is 1. The maximum absolute atomic E-state index is 10.6. The van der Waals surface area contributed by atoms with Crippen LogP contribution in [-0.2, 0) is 0 Å². The summed E-state index contributed by atoms with van der Waals surface area (Å²) in [6.45, 7) is 0. The van der Waals surface area contributed by atoms with E-state index in [4.69, 9.17) is 0 Å². The van der Waals surface area contributed by atoms with E-state index in [1.165, 1.54) is 34.7 Å². The van der Waals surface area contributed by atoms with Crippen LogP contribution in [0.5, 0.6) is 0 Å². The van der Waals surface area contributed by atoms with Crippen LogP contribution < -0.4 is 5.32 Å². The van der Waals surface area contributed by atoms with Crippen molar-refractivity contribution in [2.24, 2.45) is 0 Å². The quantitative estimate of drug-likeness (QED) is 0.299. The molecule has 0 saturated carbocycles. The van der Waals surface area contributed by atoms with E-state index in [1.807, 2.05) is 0 Å². The predicted octanol–water partition coefficient (Wildman–Crippen LogP) is 2.56. The largest absolute Gasteiger partial charge is 0.312 e. The Labute approximate surface area is 87.4 Å². The van der Waals surface area contributed by atoms with Crippen molar-refractivity contribution < 1.29 is 9.72 Å². The number of para-hydroxylation sites is 2. The number of amides is 1. The van der Waals surface area contributed by atoms with Gasteiger partial charge in [-0.2, -0.15) is 0 Å². The number of halogens is 1. The van der Waals surface area contributed by atoms with Gasteiger partial charge in [-0.15, -0.1) is 0 Å². The number of benzene rings is 1. The number of hydrogen-bond acceptors (Lipinski definition) is 3. The predicted molar refractivity (Wildman–Crippen MR) is 56.1 cm³/mol. The Morgan fingerprint density at radius 3 is 2.62 bits per heavy atom. The number of rotatable bonds is 2. The maximum atomic E-state index is 10.6. The Bertz CT molecular complexity index is 353. The molecule has 5 nitrogen and oxygen atoms in total. The highest BCUT2D eigenvalue weighted by atomic mass is 127. The minimum atomic E-state index is -0.540. The van der Waals surface area contributed by atoms with Crippen LogP contribution in [0.25, 0.3) is 0 Å². The average Bonchev–Trinajstić information content (AvgIpc) is 2.03. The fraction of sp³-hybridized carbons (Fsp3) is 0. The minimum Gasteiger partial charge on any atom is -0.312 e. The highest BCUT2D eigenvalue weighted by molar-refractivity contribution is 14.1. The van der Waals surface area contributed by atoms with E-state index in [0.717, 1.165) is 0 Å². The number of carbonyl (C=O) groups excluding carboxylic acids is 1. The van der Waals surface area contributed by atoms with Crippen molar-refractivity contribution in [1.29, 1.82) is 0 Å². The van der Waals surface area contributed by atoms with Crippen LogP contribution in [0.3, 0.4) is 0 Å². The van der Waals surface area contributed by atoms with Gasteiger partial charge in [0, 0.05) is 28.7 Å². The van der Waals surface area contributed by atoms with Crippen LogP contribution >= 0.6 is 22.6 Å². The Hall–Kier alpha value is -1.18. The Morgan fingerprint density at radius 1 is 1.46 bits per heavy atom. The monoisotopic (exact) mass is 292 g/mol. The van der Waals surface area contributed by atoms with Gasteiger partial charge in [0.15, 0.2) is 0 Å². The lowest BCUT2D eigenvalue weighted by Crippen LogP contribution is -2.03. The second-order valence-electron chi connectivity index (χ2n) is 2.17. The Kier molecular flexibility index (Phi) is 3.18. The molecule has 6 heteroatoms. The van der Waals surface area contributed by atoms with Gasteiger partial charge in [-0.05, 0) is 6.07 Å². The van der Waals surface area contributed by atoms with Gasteiger partial charge in [0.1, 0.15) is 5.69 Å². The molecule has 68 valence electrons. The second kappa shape index (κ2) is 4.17. The van der Waals surface area contributed by atoms with E-state index >= 15 is 0 Å². The van der Waals surface area contributed by atoms with Crippen LogP contribution in [0.4, 0.5) is 16.2 Å². The van der Waals surface area contributed by atoms with Crippen LogP contribution in [0.1, 0.15) is 0 Å². The van der Waals surface area contributed by atoms with E-state index in [2.05, 4.69) is 5.32 Å². The van der Waals surface area contributed by atoms with Crippen LogP contribution in [0, 0.1) is 10.1 Å². The third-order valence-electron chi connectivity index (χ3n) is 1.33. The fourth-order valence-electron chi connectivity index (χ4n) is 0.844. The Balaban J connectivity index is 3.04. The highest BCUT2D eigenvalue weighted by Gasteiger charge is 2.12. The van der Waals surface area contributed by atoms with E-state index in [1.54, 1.807) is 12.1 Å². The normalized spacial score (nSPS) is 9.31. The van der Waals surface area contributed by atoms with E-state index in [9.17, 15) is 14.9 Å². The van der Waals surface area contributed by atoms with Crippen molar-refractivity contribution in [3.63, 3.8) is 0 Å². The number of hydrogen-bond donors (Lipinski definition) is 1. The molecule has 0 bridgehead atoms. The molecule has 0 atom stereocenters. The highest BCUT2D eigenvalue weighted by Crippen LogP contribution is 2.23. The lowest BCUT2D eigenvalue weighted by molar-refractivity contribution is -0.383. The van der Waals surface area contributed by atoms with Crippen LogP contribution in [-0.4, -0.2) is 8.84 Å². The molecular weight excluding hydrogens is 287 g/mol. The molecule has 1 aromatic carbocycles. The molecule has 1 amide bonds. The lowest BCUT2D eigenvalue weighted by Gasteiger charge is -2.00. The van der Waals surface area contributed by atoms with Gasteiger partial charge in [-0.1, -0.05) is 12.1 Å². The summed E-state index contributed by atoms with van der Waals surface area (Å²) in [5, 5.41) is 12.8. The molecule has 0 unspecified atom stereocenters. The summed E-state index contributed by atoms with van der Waals surface area (Å²) in [6, 6.07) is 5.98. The third-order valence-corrected chi connectivity index (χ3v) is 1.60. The van der Waals surface area contributed by atoms with Crippen molar-refractivity contribution in [2.75, 3.05) is 5.32 Å². The van der Waals surface area contributed by atoms with Gasteiger partial charge >= 0.3 is 0 Å². The smallest absolute Gasteiger partial charge is 0.292 e. The SMILES string of the molecule is O=C(I)Nc1ccccc1[N+](=O)[O-]. The maximum Gasteiger partial charge on any atom is 0.292 e. The molecule has 0 radical (unpaired) electrons. The lowest BCUT2D eigenvalue weighted by atomic mass is 10.3. The van der Waals surface area contributed by atoms with E-state index < -0.39 is 4.92 Å². The molecular formula is C7H5IN2O3. The van der Waals surface area contributed by atoms with Crippen LogP contribution in [0.15, 0.2) is 24.3 Å². The molecule has 0 aliphatic carbocycles. The zero-order valence-electron chi connectivity index (χ0n) is 6.36. The first kappa shape index (κ1) is 9.90. The second-order valence-corrected chi connectivity index (χ2v) is 3.15. The van der Waals surface area contributed by atoms with Gasteiger partial charge in [0.05, 0.1) is 4.92 Å². The molecule has 1 rings (SSSR count). The summed E-state index contributed by atoms with van der Waals surface area (Å²) in [6.07, 6.45) is 0. The molecule has 13 heavy (non-hydrogen) atoms. The summed E-state index contributed by atoms with van der Waals surface area (Å²) in [5.74, 6) is 0. The summed E-state index contributed by atoms with van der Waals surface area (Å²) in [7, 11) is 0. The van der Waals surface area contributed by atoms with E-state index in [0.29, 0.717) is 0 Å². The van der Waals surface area contributed by atoms with Gasteiger partial charge in [0.2, 0.25) is 0 Å². The number of nitrogens with zero attached hydrogens (tertiary/aromatic N) is 1. The first-order valence-electron chi connectivity index (χ1n) is 3.31. The zero-order valence-corrected chi connectivity index (χ0v) is 8.52. The van der Waals surface area contributed by atoms with Gasteiger partial charge in [0.25, 0.3) is 9.60 Å². The average molecular weight is 292 g/mol. The number of anilines is 1. The summed E-state index contributed by atoms with van der Waals surface area (Å²) in [5.41, 5.74) is 0.111. The van der Waals surface area contributed by atoms with Crippen molar-refractivity contribution in [1.82, 2.24) is 0 Å². The number of carbonyl (C=O) groups is 1. The first-order valence-corrected chi connectivity index (χ1v) is 4.39. The summed E-state index contributed by atoms with van der Waals surface area (Å²) >= 11 is 1.51. The van der Waals surface area contributed by atoms with Crippen molar-refractivity contribution in [2.45, 2.75) is 0 Å². The molecule has 0 aliphatic rings. The molecule has 0 fully saturated rings. The number of nitrogens with one attached hydrogen (secondary N) is 1. The van der Waals surface area contributed by atoms with Gasteiger partial charge in [-0.3, -0.25) is 14.9 Å². The van der Waals surface area contributed by atoms with E-state index in [-0.39, 0.29) is 15.3 Å². The summed E-state index contributed by atoms with van der Waals surface area (Å²) in [4.78, 5) is 20.6. The van der Waals surface area contributed by atoms with Gasteiger partial charge in [-0.25, -0.2) is 0 Å².